The van der Waals surface area contributed by atoms with Crippen LogP contribution in [0, 0.1) is 5.41 Å². The number of oxime groups is 2. The Balaban J connectivity index is 2.22. The molecule has 0 N–H and O–H groups in total. The third-order valence-corrected chi connectivity index (χ3v) is 4.72. The van der Waals surface area contributed by atoms with Crippen molar-refractivity contribution in [2.24, 2.45) is 15.7 Å². The van der Waals surface area contributed by atoms with E-state index in [0.717, 1.165) is 12.2 Å². The van der Waals surface area contributed by atoms with Crippen LogP contribution in [-0.2, 0) is 25.8 Å². The zero-order valence-electron chi connectivity index (χ0n) is 17.1. The van der Waals surface area contributed by atoms with Crippen molar-refractivity contribution in [1.29, 1.82) is 0 Å². The molecule has 1 unspecified atom stereocenters. The Morgan fingerprint density at radius 1 is 1.20 bits per heavy atom. The van der Waals surface area contributed by atoms with E-state index in [-0.39, 0.29) is 12.3 Å². The van der Waals surface area contributed by atoms with Crippen LogP contribution in [0.15, 0.2) is 58.4 Å². The van der Waals surface area contributed by atoms with Crippen molar-refractivity contribution in [3.8, 4) is 0 Å². The van der Waals surface area contributed by atoms with E-state index in [1.807, 2.05) is 0 Å². The van der Waals surface area contributed by atoms with E-state index in [9.17, 15) is 18.0 Å². The number of hydrogen-bond donors (Lipinski definition) is 0. The molecule has 0 bridgehead atoms. The summed E-state index contributed by atoms with van der Waals surface area (Å²) in [5, 5.41) is 7.74. The van der Waals surface area contributed by atoms with Gasteiger partial charge in [0.05, 0.1) is 18.4 Å². The normalized spacial score (nSPS) is 19.9. The van der Waals surface area contributed by atoms with Crippen LogP contribution in [0.4, 0.5) is 13.2 Å². The Hall–Kier alpha value is -3.10. The topological polar surface area (TPSA) is 69.5 Å². The van der Waals surface area contributed by atoms with Crippen molar-refractivity contribution in [2.75, 3.05) is 14.2 Å². The lowest BCUT2D eigenvalue weighted by Gasteiger charge is -2.28. The average molecular weight is 424 g/mol. The number of carbonyl (C=O) groups is 1. The van der Waals surface area contributed by atoms with Gasteiger partial charge in [-0.05, 0) is 13.3 Å². The van der Waals surface area contributed by atoms with Gasteiger partial charge < -0.3 is 14.4 Å². The van der Waals surface area contributed by atoms with Crippen LogP contribution in [0.3, 0.4) is 0 Å². The van der Waals surface area contributed by atoms with Gasteiger partial charge in [-0.3, -0.25) is 0 Å². The molecule has 2 rings (SSSR count). The van der Waals surface area contributed by atoms with E-state index in [1.165, 1.54) is 20.3 Å². The number of benzene rings is 1. The Morgan fingerprint density at radius 2 is 1.90 bits per heavy atom. The van der Waals surface area contributed by atoms with Crippen LogP contribution in [0.1, 0.15) is 31.4 Å². The van der Waals surface area contributed by atoms with Gasteiger partial charge in [-0.15, -0.1) is 0 Å². The Kier molecular flexibility index (Phi) is 7.42. The summed E-state index contributed by atoms with van der Waals surface area (Å²) in [6.45, 7) is 3.25. The van der Waals surface area contributed by atoms with E-state index in [0.29, 0.717) is 23.3 Å². The predicted octanol–water partition coefficient (Wildman–Crippen LogP) is 4.56. The van der Waals surface area contributed by atoms with Crippen molar-refractivity contribution in [1.82, 2.24) is 0 Å². The maximum Gasteiger partial charge on any atom is 0.416 e. The number of ether oxygens (including phenoxy) is 1. The minimum atomic E-state index is -4.43. The molecule has 0 saturated carbocycles. The molecule has 0 radical (unpaired) electrons. The van der Waals surface area contributed by atoms with Crippen LogP contribution in [0.2, 0.25) is 0 Å². The molecule has 0 heterocycles. The van der Waals surface area contributed by atoms with Crippen molar-refractivity contribution >= 4 is 17.4 Å². The molecule has 30 heavy (non-hydrogen) atoms. The summed E-state index contributed by atoms with van der Waals surface area (Å²) in [6, 6.07) is 6.81. The first-order valence-corrected chi connectivity index (χ1v) is 9.03. The zero-order chi connectivity index (χ0) is 22.4. The summed E-state index contributed by atoms with van der Waals surface area (Å²) >= 11 is 0. The molecule has 1 aromatic rings. The number of halogens is 3. The highest BCUT2D eigenvalue weighted by molar-refractivity contribution is 6.43. The fraction of sp³-hybridized carbons (Fsp3) is 0.381. The van der Waals surface area contributed by atoms with Gasteiger partial charge in [0.15, 0.2) is 5.71 Å². The predicted molar refractivity (Wildman–Crippen MR) is 106 cm³/mol. The van der Waals surface area contributed by atoms with Gasteiger partial charge in [-0.25, -0.2) is 4.79 Å². The number of hydrogen-bond acceptors (Lipinski definition) is 6. The molecule has 6 nitrogen and oxygen atoms in total. The lowest BCUT2D eigenvalue weighted by Crippen LogP contribution is -2.27. The maximum absolute atomic E-state index is 13.0. The second-order valence-corrected chi connectivity index (χ2v) is 6.84. The maximum atomic E-state index is 13.0. The van der Waals surface area contributed by atoms with Crippen LogP contribution in [0.25, 0.3) is 0 Å². The summed E-state index contributed by atoms with van der Waals surface area (Å²) in [5.41, 5.74) is -0.268. The number of nitrogens with zero attached hydrogens (tertiary/aromatic N) is 2. The Labute approximate surface area is 172 Å². The minimum absolute atomic E-state index is 0.0327. The summed E-state index contributed by atoms with van der Waals surface area (Å²) in [7, 11) is 2.53. The average Bonchev–Trinajstić information content (AvgIpc) is 2.71. The summed E-state index contributed by atoms with van der Waals surface area (Å²) in [5.74, 6) is -0.685. The minimum Gasteiger partial charge on any atom is -0.464 e. The van der Waals surface area contributed by atoms with Gasteiger partial charge >= 0.3 is 12.1 Å². The summed E-state index contributed by atoms with van der Waals surface area (Å²) in [4.78, 5) is 22.1. The van der Waals surface area contributed by atoms with E-state index in [2.05, 4.69) is 10.3 Å². The van der Waals surface area contributed by atoms with Gasteiger partial charge in [0.1, 0.15) is 13.7 Å². The lowest BCUT2D eigenvalue weighted by atomic mass is 9.78. The van der Waals surface area contributed by atoms with Crippen molar-refractivity contribution in [2.45, 2.75) is 33.1 Å². The molecule has 0 aliphatic heterocycles. The van der Waals surface area contributed by atoms with Crippen LogP contribution >= 0.6 is 0 Å². The van der Waals surface area contributed by atoms with Gasteiger partial charge in [0.2, 0.25) is 0 Å². The quantitative estimate of drug-likeness (QED) is 0.366. The molecule has 1 atom stereocenters. The van der Waals surface area contributed by atoms with Crippen LogP contribution in [-0.4, -0.2) is 37.8 Å². The number of rotatable bonds is 7. The first kappa shape index (κ1) is 23.2. The fourth-order valence-corrected chi connectivity index (χ4v) is 2.87. The van der Waals surface area contributed by atoms with E-state index < -0.39 is 23.1 Å². The highest BCUT2D eigenvalue weighted by Gasteiger charge is 2.38. The highest BCUT2D eigenvalue weighted by atomic mass is 19.4. The Bertz CT molecular complexity index is 904. The van der Waals surface area contributed by atoms with Crippen LogP contribution < -0.4 is 0 Å². The molecule has 1 aliphatic rings. The smallest absolute Gasteiger partial charge is 0.416 e. The van der Waals surface area contributed by atoms with E-state index >= 15 is 0 Å². The highest BCUT2D eigenvalue weighted by Crippen LogP contribution is 2.38. The van der Waals surface area contributed by atoms with Gasteiger partial charge in [-0.1, -0.05) is 59.7 Å². The lowest BCUT2D eigenvalue weighted by molar-refractivity contribution is -0.132. The first-order chi connectivity index (χ1) is 14.1. The number of alkyl halides is 3. The zero-order valence-corrected chi connectivity index (χ0v) is 17.1. The molecule has 1 aromatic carbocycles. The van der Waals surface area contributed by atoms with Crippen molar-refractivity contribution < 1.29 is 32.4 Å². The third-order valence-electron chi connectivity index (χ3n) is 4.72. The fourth-order valence-electron chi connectivity index (χ4n) is 2.87. The first-order valence-electron chi connectivity index (χ1n) is 9.03. The molecule has 0 saturated heterocycles. The largest absolute Gasteiger partial charge is 0.464 e. The summed E-state index contributed by atoms with van der Waals surface area (Å²) < 4.78 is 43.9. The molecule has 0 spiro atoms. The summed E-state index contributed by atoms with van der Waals surface area (Å²) in [6.07, 6.45) is -0.363. The van der Waals surface area contributed by atoms with E-state index in [1.54, 1.807) is 38.1 Å². The molecule has 9 heteroatoms. The number of allylic oxidation sites excluding steroid dienone is 4. The molecule has 162 valence electrons. The SMILES string of the molecule is CO/N=C(\C(=O)OC)c1ccccc1CO/N=C(\C)C1(C)C=C(C(F)(F)F)C=CC1. The number of carbonyl (C=O) groups excluding carboxylic acids is 1. The number of esters is 1. The number of methoxy groups -OCH3 is 1. The molecular formula is C21H23F3N2O4. The van der Waals surface area contributed by atoms with Crippen molar-refractivity contribution in [3.63, 3.8) is 0 Å². The van der Waals surface area contributed by atoms with Gasteiger partial charge in [-0.2, -0.15) is 13.2 Å². The van der Waals surface area contributed by atoms with E-state index in [4.69, 9.17) is 14.4 Å². The Morgan fingerprint density at radius 3 is 2.53 bits per heavy atom. The third kappa shape index (κ3) is 5.49. The molecule has 0 fully saturated rings. The van der Waals surface area contributed by atoms with Crippen LogP contribution in [0.5, 0.6) is 0 Å². The second kappa shape index (κ2) is 9.60. The monoisotopic (exact) mass is 424 g/mol. The molecule has 0 amide bonds. The van der Waals surface area contributed by atoms with Crippen molar-refractivity contribution in [3.05, 3.63) is 59.2 Å². The standard InChI is InChI=1S/C21H23F3N2O4/c1-14(20(2)11-7-9-16(12-20)21(22,23)24)25-30-13-15-8-5-6-10-17(15)18(26-29-4)19(27)28-3/h5-10,12H,11,13H2,1-4H3/b25-14+,26-18-. The molecule has 0 aromatic heterocycles. The van der Waals surface area contributed by atoms with Gasteiger partial charge in [0, 0.05) is 16.5 Å². The molecule has 1 aliphatic carbocycles. The van der Waals surface area contributed by atoms with Gasteiger partial charge in [0.25, 0.3) is 0 Å². The second-order valence-electron chi connectivity index (χ2n) is 6.84. The molecular weight excluding hydrogens is 401 g/mol.